The van der Waals surface area contributed by atoms with Gasteiger partial charge in [0, 0.05) is 32.1 Å². The van der Waals surface area contributed by atoms with E-state index in [1.165, 1.54) is 0 Å². The van der Waals surface area contributed by atoms with Gasteiger partial charge < -0.3 is 16.0 Å². The molecular formula is C22H26ClN3O2. The lowest BCUT2D eigenvalue weighted by Crippen LogP contribution is -2.49. The summed E-state index contributed by atoms with van der Waals surface area (Å²) in [7, 11) is 0. The first kappa shape index (κ1) is 20.4. The van der Waals surface area contributed by atoms with Crippen molar-refractivity contribution < 1.29 is 9.59 Å². The maximum atomic E-state index is 13.3. The lowest BCUT2D eigenvalue weighted by Gasteiger charge is -2.36. The van der Waals surface area contributed by atoms with Gasteiger partial charge in [0.1, 0.15) is 0 Å². The number of nitrogens with one attached hydrogen (secondary N) is 1. The summed E-state index contributed by atoms with van der Waals surface area (Å²) in [5, 5.41) is 3.34. The third-order valence-corrected chi connectivity index (χ3v) is 5.43. The molecule has 3 rings (SSSR count). The number of rotatable bonds is 6. The van der Waals surface area contributed by atoms with E-state index < -0.39 is 0 Å². The van der Waals surface area contributed by atoms with Gasteiger partial charge in [-0.3, -0.25) is 9.59 Å². The number of likely N-dealkylation sites (tertiary alicyclic amines) is 1. The number of hydrogen-bond donors (Lipinski definition) is 2. The Morgan fingerprint density at radius 2 is 1.89 bits per heavy atom. The molecule has 0 radical (unpaired) electrons. The van der Waals surface area contributed by atoms with E-state index in [1.54, 1.807) is 6.07 Å². The minimum atomic E-state index is -0.0828. The first-order valence-electron chi connectivity index (χ1n) is 9.73. The van der Waals surface area contributed by atoms with Crippen LogP contribution in [0, 0.1) is 0 Å². The van der Waals surface area contributed by atoms with Gasteiger partial charge in [-0.1, -0.05) is 48.0 Å². The Bertz CT molecular complexity index is 826. The predicted molar refractivity (Wildman–Crippen MR) is 112 cm³/mol. The summed E-state index contributed by atoms with van der Waals surface area (Å²) >= 11 is 6.38. The van der Waals surface area contributed by atoms with Crippen molar-refractivity contribution >= 4 is 23.4 Å². The number of carbonyl (C=O) groups is 2. The van der Waals surface area contributed by atoms with Crippen molar-refractivity contribution in [2.24, 2.45) is 5.73 Å². The summed E-state index contributed by atoms with van der Waals surface area (Å²) in [5.74, 6) is -0.162. The van der Waals surface area contributed by atoms with Gasteiger partial charge in [0.2, 0.25) is 5.91 Å². The van der Waals surface area contributed by atoms with Crippen molar-refractivity contribution in [3.63, 3.8) is 0 Å². The van der Waals surface area contributed by atoms with E-state index >= 15 is 0 Å². The zero-order valence-electron chi connectivity index (χ0n) is 15.9. The van der Waals surface area contributed by atoms with Gasteiger partial charge in [-0.25, -0.2) is 0 Å². The van der Waals surface area contributed by atoms with Crippen LogP contribution >= 0.6 is 11.6 Å². The average Bonchev–Trinajstić information content (AvgIpc) is 2.73. The Hall–Kier alpha value is -2.37. The van der Waals surface area contributed by atoms with E-state index in [0.29, 0.717) is 36.6 Å². The molecule has 148 valence electrons. The zero-order chi connectivity index (χ0) is 19.9. The molecule has 0 aliphatic carbocycles. The monoisotopic (exact) mass is 399 g/mol. The van der Waals surface area contributed by atoms with E-state index in [0.717, 1.165) is 30.4 Å². The van der Waals surface area contributed by atoms with Gasteiger partial charge in [0.05, 0.1) is 10.6 Å². The second kappa shape index (κ2) is 9.71. The maximum Gasteiger partial charge on any atom is 0.255 e. The fourth-order valence-corrected chi connectivity index (χ4v) is 3.78. The molecule has 6 heteroatoms. The molecule has 1 aliphatic rings. The molecule has 2 aromatic carbocycles. The molecule has 1 unspecified atom stereocenters. The van der Waals surface area contributed by atoms with Crippen LogP contribution in [0.3, 0.4) is 0 Å². The number of nitrogens with two attached hydrogens (primary N) is 1. The van der Waals surface area contributed by atoms with E-state index in [9.17, 15) is 9.59 Å². The molecule has 28 heavy (non-hydrogen) atoms. The van der Waals surface area contributed by atoms with Crippen molar-refractivity contribution in [2.45, 2.75) is 31.7 Å². The number of carbonyl (C=O) groups excluding carboxylic acids is 2. The van der Waals surface area contributed by atoms with Gasteiger partial charge >= 0.3 is 0 Å². The summed E-state index contributed by atoms with van der Waals surface area (Å²) in [6.07, 6.45) is 3.16. The van der Waals surface area contributed by atoms with Crippen LogP contribution in [0.1, 0.15) is 36.0 Å². The minimum absolute atomic E-state index is 0.0283. The summed E-state index contributed by atoms with van der Waals surface area (Å²) in [5.41, 5.74) is 7.93. The summed E-state index contributed by atoms with van der Waals surface area (Å²) in [4.78, 5) is 26.9. The zero-order valence-corrected chi connectivity index (χ0v) is 16.6. The molecule has 1 fully saturated rings. The SMILES string of the molecule is NCCC(=O)NCC1CCCCN1C(=O)c1cc(-c2ccccc2)ccc1Cl. The number of benzene rings is 2. The van der Waals surface area contributed by atoms with Crippen molar-refractivity contribution in [3.05, 3.63) is 59.1 Å². The predicted octanol–water partition coefficient (Wildman–Crippen LogP) is 3.47. The highest BCUT2D eigenvalue weighted by molar-refractivity contribution is 6.34. The number of halogens is 1. The molecule has 0 spiro atoms. The van der Waals surface area contributed by atoms with Crippen LogP contribution in [0.4, 0.5) is 0 Å². The molecule has 3 N–H and O–H groups in total. The molecule has 5 nitrogen and oxygen atoms in total. The van der Waals surface area contributed by atoms with Crippen LogP contribution in [-0.2, 0) is 4.79 Å². The molecule has 1 heterocycles. The van der Waals surface area contributed by atoms with Crippen LogP contribution in [0.15, 0.2) is 48.5 Å². The molecule has 0 aromatic heterocycles. The number of amides is 2. The lowest BCUT2D eigenvalue weighted by atomic mass is 9.98. The van der Waals surface area contributed by atoms with Gasteiger partial charge in [-0.2, -0.15) is 0 Å². The molecule has 1 atom stereocenters. The van der Waals surface area contributed by atoms with Gasteiger partial charge in [-0.15, -0.1) is 0 Å². The van der Waals surface area contributed by atoms with Crippen LogP contribution in [0.2, 0.25) is 5.02 Å². The first-order valence-corrected chi connectivity index (χ1v) is 10.1. The van der Waals surface area contributed by atoms with E-state index in [-0.39, 0.29) is 17.9 Å². The van der Waals surface area contributed by atoms with Gasteiger partial charge in [-0.05, 0) is 42.5 Å². The largest absolute Gasteiger partial charge is 0.354 e. The van der Waals surface area contributed by atoms with Gasteiger partial charge in [0.25, 0.3) is 5.91 Å². The van der Waals surface area contributed by atoms with Crippen LogP contribution < -0.4 is 11.1 Å². The van der Waals surface area contributed by atoms with E-state index in [4.69, 9.17) is 17.3 Å². The minimum Gasteiger partial charge on any atom is -0.354 e. The van der Waals surface area contributed by atoms with Crippen molar-refractivity contribution in [2.75, 3.05) is 19.6 Å². The Labute approximate surface area is 170 Å². The van der Waals surface area contributed by atoms with Crippen LogP contribution in [-0.4, -0.2) is 42.4 Å². The fraction of sp³-hybridized carbons (Fsp3) is 0.364. The molecule has 2 amide bonds. The van der Waals surface area contributed by atoms with Crippen LogP contribution in [0.25, 0.3) is 11.1 Å². The second-order valence-electron chi connectivity index (χ2n) is 7.05. The molecule has 0 bridgehead atoms. The number of hydrogen-bond acceptors (Lipinski definition) is 3. The Balaban J connectivity index is 1.80. The summed E-state index contributed by atoms with van der Waals surface area (Å²) in [6.45, 7) is 1.43. The fourth-order valence-electron chi connectivity index (χ4n) is 3.59. The molecule has 2 aromatic rings. The summed E-state index contributed by atoms with van der Waals surface area (Å²) in [6, 6.07) is 15.4. The van der Waals surface area contributed by atoms with Crippen molar-refractivity contribution in [3.8, 4) is 11.1 Å². The second-order valence-corrected chi connectivity index (χ2v) is 7.46. The highest BCUT2D eigenvalue weighted by Gasteiger charge is 2.29. The first-order chi connectivity index (χ1) is 13.6. The van der Waals surface area contributed by atoms with Crippen molar-refractivity contribution in [1.82, 2.24) is 10.2 Å². The Morgan fingerprint density at radius 3 is 2.64 bits per heavy atom. The van der Waals surface area contributed by atoms with E-state index in [1.807, 2.05) is 47.4 Å². The highest BCUT2D eigenvalue weighted by Crippen LogP contribution is 2.28. The smallest absolute Gasteiger partial charge is 0.255 e. The molecule has 1 aliphatic heterocycles. The van der Waals surface area contributed by atoms with E-state index in [2.05, 4.69) is 5.32 Å². The third-order valence-electron chi connectivity index (χ3n) is 5.10. The molecule has 1 saturated heterocycles. The van der Waals surface area contributed by atoms with Crippen LogP contribution in [0.5, 0.6) is 0 Å². The normalized spacial score (nSPS) is 16.6. The standard InChI is InChI=1S/C22H26ClN3O2/c23-20-10-9-17(16-6-2-1-3-7-16)14-19(20)22(28)26-13-5-4-8-18(26)15-25-21(27)11-12-24/h1-3,6-7,9-10,14,18H,4-5,8,11-13,15,24H2,(H,25,27). The quantitative estimate of drug-likeness (QED) is 0.780. The number of nitrogens with zero attached hydrogens (tertiary/aromatic N) is 1. The Morgan fingerprint density at radius 1 is 1.11 bits per heavy atom. The van der Waals surface area contributed by atoms with Gasteiger partial charge in [0.15, 0.2) is 0 Å². The molecule has 0 saturated carbocycles. The van der Waals surface area contributed by atoms with Crippen molar-refractivity contribution in [1.29, 1.82) is 0 Å². The highest BCUT2D eigenvalue weighted by atomic mass is 35.5. The number of piperidine rings is 1. The molecular weight excluding hydrogens is 374 g/mol. The average molecular weight is 400 g/mol. The topological polar surface area (TPSA) is 75.4 Å². The lowest BCUT2D eigenvalue weighted by molar-refractivity contribution is -0.121. The maximum absolute atomic E-state index is 13.3. The third kappa shape index (κ3) is 4.91. The summed E-state index contributed by atoms with van der Waals surface area (Å²) < 4.78 is 0. The Kier molecular flexibility index (Phi) is 7.06.